The van der Waals surface area contributed by atoms with E-state index in [0.29, 0.717) is 29.5 Å². The van der Waals surface area contributed by atoms with Crippen molar-refractivity contribution in [2.45, 2.75) is 17.2 Å². The normalized spacial score (nSPS) is 16.3. The van der Waals surface area contributed by atoms with Crippen molar-refractivity contribution in [3.8, 4) is 11.5 Å². The molecule has 0 fully saturated rings. The number of carboxylic acid groups (broad SMARTS) is 1. The van der Waals surface area contributed by atoms with Gasteiger partial charge in [0.2, 0.25) is 10.0 Å². The van der Waals surface area contributed by atoms with Crippen LogP contribution in [-0.2, 0) is 14.8 Å². The van der Waals surface area contributed by atoms with Crippen molar-refractivity contribution in [1.82, 2.24) is 4.72 Å². The molecule has 1 aliphatic rings. The molecule has 9 heteroatoms. The Bertz CT molecular complexity index is 929. The molecule has 1 aliphatic heterocycles. The van der Waals surface area contributed by atoms with Gasteiger partial charge in [0.25, 0.3) is 0 Å². The third-order valence-electron chi connectivity index (χ3n) is 4.15. The van der Waals surface area contributed by atoms with E-state index in [2.05, 4.69) is 4.72 Å². The van der Waals surface area contributed by atoms with Crippen LogP contribution in [0.2, 0.25) is 5.02 Å². The van der Waals surface area contributed by atoms with Crippen LogP contribution in [0.25, 0.3) is 0 Å². The first kappa shape index (κ1) is 19.5. The molecular formula is C18H18ClNO6S. The first-order chi connectivity index (χ1) is 12.8. The summed E-state index contributed by atoms with van der Waals surface area (Å²) in [6.07, 6.45) is 0.658. The van der Waals surface area contributed by atoms with Crippen LogP contribution in [0.4, 0.5) is 0 Å². The lowest BCUT2D eigenvalue weighted by Crippen LogP contribution is -2.30. The molecule has 0 aromatic heterocycles. The largest absolute Gasteiger partial charge is 0.493 e. The highest BCUT2D eigenvalue weighted by Crippen LogP contribution is 2.36. The van der Waals surface area contributed by atoms with Gasteiger partial charge < -0.3 is 14.6 Å². The Morgan fingerprint density at radius 1 is 1.26 bits per heavy atom. The molecule has 0 bridgehead atoms. The minimum atomic E-state index is -3.64. The highest BCUT2D eigenvalue weighted by molar-refractivity contribution is 7.89. The monoisotopic (exact) mass is 411 g/mol. The van der Waals surface area contributed by atoms with Crippen molar-refractivity contribution in [1.29, 1.82) is 0 Å². The van der Waals surface area contributed by atoms with E-state index in [-0.39, 0.29) is 17.4 Å². The first-order valence-corrected chi connectivity index (χ1v) is 10.1. The Kier molecular flexibility index (Phi) is 5.88. The predicted molar refractivity (Wildman–Crippen MR) is 99.1 cm³/mol. The minimum Gasteiger partial charge on any atom is -0.493 e. The van der Waals surface area contributed by atoms with Crippen LogP contribution in [-0.4, -0.2) is 39.3 Å². The molecule has 0 saturated carbocycles. The Hall–Kier alpha value is -2.29. The van der Waals surface area contributed by atoms with E-state index in [9.17, 15) is 13.2 Å². The number of aliphatic carboxylic acids is 1. The van der Waals surface area contributed by atoms with E-state index in [4.69, 9.17) is 26.2 Å². The Labute approximate surface area is 161 Å². The molecule has 0 aliphatic carbocycles. The Balaban J connectivity index is 1.70. The average molecular weight is 412 g/mol. The average Bonchev–Trinajstić information content (AvgIpc) is 2.64. The zero-order valence-corrected chi connectivity index (χ0v) is 15.8. The van der Waals surface area contributed by atoms with Gasteiger partial charge in [-0.1, -0.05) is 17.7 Å². The summed E-state index contributed by atoms with van der Waals surface area (Å²) in [4.78, 5) is 10.7. The van der Waals surface area contributed by atoms with Crippen LogP contribution in [0.1, 0.15) is 17.9 Å². The van der Waals surface area contributed by atoms with Crippen LogP contribution >= 0.6 is 11.6 Å². The zero-order chi connectivity index (χ0) is 19.4. The van der Waals surface area contributed by atoms with Gasteiger partial charge in [0, 0.05) is 23.6 Å². The number of hydrogen-bond acceptors (Lipinski definition) is 5. The van der Waals surface area contributed by atoms with Crippen LogP contribution < -0.4 is 14.2 Å². The van der Waals surface area contributed by atoms with E-state index in [1.54, 1.807) is 18.2 Å². The SMILES string of the molecule is O=C(O)COc1ccc2c(c1)OCCC2CNS(=O)(=O)c1ccc(Cl)cc1. The van der Waals surface area contributed by atoms with Gasteiger partial charge in [0.05, 0.1) is 11.5 Å². The number of hydrogen-bond donors (Lipinski definition) is 2. The number of carbonyl (C=O) groups is 1. The van der Waals surface area contributed by atoms with Crippen molar-refractivity contribution in [3.05, 3.63) is 53.1 Å². The topological polar surface area (TPSA) is 102 Å². The molecular weight excluding hydrogens is 394 g/mol. The fourth-order valence-corrected chi connectivity index (χ4v) is 4.01. The third-order valence-corrected chi connectivity index (χ3v) is 5.85. The summed E-state index contributed by atoms with van der Waals surface area (Å²) >= 11 is 5.80. The molecule has 1 unspecified atom stereocenters. The number of nitrogens with one attached hydrogen (secondary N) is 1. The predicted octanol–water partition coefficient (Wildman–Crippen LogP) is 2.65. The molecule has 144 valence electrons. The summed E-state index contributed by atoms with van der Waals surface area (Å²) in [6, 6.07) is 11.0. The van der Waals surface area contributed by atoms with Gasteiger partial charge >= 0.3 is 5.97 Å². The number of ether oxygens (including phenoxy) is 2. The molecule has 7 nitrogen and oxygen atoms in total. The van der Waals surface area contributed by atoms with E-state index >= 15 is 0 Å². The Morgan fingerprint density at radius 2 is 2.00 bits per heavy atom. The lowest BCUT2D eigenvalue weighted by Gasteiger charge is -2.26. The summed E-state index contributed by atoms with van der Waals surface area (Å²) in [5.74, 6) is -0.175. The maximum absolute atomic E-state index is 12.4. The number of halogens is 1. The molecule has 3 rings (SSSR count). The number of benzene rings is 2. The third kappa shape index (κ3) is 4.91. The molecule has 2 aromatic carbocycles. The second kappa shape index (κ2) is 8.16. The van der Waals surface area contributed by atoms with Crippen LogP contribution in [0.5, 0.6) is 11.5 Å². The van der Waals surface area contributed by atoms with Crippen molar-refractivity contribution in [2.75, 3.05) is 19.8 Å². The molecule has 2 N–H and O–H groups in total. The molecule has 0 amide bonds. The highest BCUT2D eigenvalue weighted by Gasteiger charge is 2.24. The molecule has 0 spiro atoms. The van der Waals surface area contributed by atoms with Gasteiger partial charge in [0.15, 0.2) is 6.61 Å². The van der Waals surface area contributed by atoms with Crippen LogP contribution in [0.3, 0.4) is 0 Å². The van der Waals surface area contributed by atoms with Gasteiger partial charge in [0.1, 0.15) is 11.5 Å². The molecule has 27 heavy (non-hydrogen) atoms. The van der Waals surface area contributed by atoms with Crippen LogP contribution in [0, 0.1) is 0 Å². The van der Waals surface area contributed by atoms with E-state index in [0.717, 1.165) is 5.56 Å². The summed E-state index contributed by atoms with van der Waals surface area (Å²) < 4.78 is 38.3. The molecule has 1 atom stereocenters. The number of sulfonamides is 1. The molecule has 2 aromatic rings. The quantitative estimate of drug-likeness (QED) is 0.726. The fraction of sp³-hybridized carbons (Fsp3) is 0.278. The lowest BCUT2D eigenvalue weighted by molar-refractivity contribution is -0.139. The Morgan fingerprint density at radius 3 is 2.70 bits per heavy atom. The smallest absolute Gasteiger partial charge is 0.341 e. The van der Waals surface area contributed by atoms with Gasteiger partial charge in [-0.25, -0.2) is 17.9 Å². The maximum atomic E-state index is 12.4. The lowest BCUT2D eigenvalue weighted by atomic mass is 9.93. The van der Waals surface area contributed by atoms with E-state index < -0.39 is 22.6 Å². The second-order valence-corrected chi connectivity index (χ2v) is 8.23. The number of fused-ring (bicyclic) bond motifs is 1. The summed E-state index contributed by atoms with van der Waals surface area (Å²) in [5, 5.41) is 9.15. The van der Waals surface area contributed by atoms with Crippen molar-refractivity contribution < 1.29 is 27.8 Å². The fourth-order valence-electron chi connectivity index (χ4n) is 2.80. The van der Waals surface area contributed by atoms with E-state index in [1.165, 1.54) is 24.3 Å². The molecule has 1 heterocycles. The van der Waals surface area contributed by atoms with E-state index in [1.807, 2.05) is 0 Å². The minimum absolute atomic E-state index is 0.0654. The summed E-state index contributed by atoms with van der Waals surface area (Å²) in [7, 11) is -3.64. The van der Waals surface area contributed by atoms with Gasteiger partial charge in [-0.3, -0.25) is 0 Å². The summed E-state index contributed by atoms with van der Waals surface area (Å²) in [5.41, 5.74) is 0.850. The standard InChI is InChI=1S/C18H18ClNO6S/c19-13-1-4-15(5-2-13)27(23,24)20-10-12-7-8-25-17-9-14(3-6-16(12)17)26-11-18(21)22/h1-6,9,12,20H,7-8,10-11H2,(H,21,22). The van der Waals surface area contributed by atoms with Crippen molar-refractivity contribution in [3.63, 3.8) is 0 Å². The van der Waals surface area contributed by atoms with Crippen molar-refractivity contribution >= 4 is 27.6 Å². The van der Waals surface area contributed by atoms with Crippen LogP contribution in [0.15, 0.2) is 47.4 Å². The maximum Gasteiger partial charge on any atom is 0.341 e. The molecule has 0 radical (unpaired) electrons. The number of carboxylic acids is 1. The zero-order valence-electron chi connectivity index (χ0n) is 14.2. The highest BCUT2D eigenvalue weighted by atomic mass is 35.5. The van der Waals surface area contributed by atoms with Gasteiger partial charge in [-0.15, -0.1) is 0 Å². The van der Waals surface area contributed by atoms with Crippen molar-refractivity contribution in [2.24, 2.45) is 0 Å². The summed E-state index contributed by atoms with van der Waals surface area (Å²) in [6.45, 7) is 0.211. The second-order valence-electron chi connectivity index (χ2n) is 6.02. The van der Waals surface area contributed by atoms with Gasteiger partial charge in [-0.2, -0.15) is 0 Å². The molecule has 0 saturated heterocycles. The number of rotatable bonds is 7. The first-order valence-electron chi connectivity index (χ1n) is 8.22. The van der Waals surface area contributed by atoms with Gasteiger partial charge in [-0.05, 0) is 42.3 Å².